The van der Waals surface area contributed by atoms with Crippen LogP contribution in [0.2, 0.25) is 0 Å². The molecule has 0 saturated carbocycles. The molecule has 152 valence electrons. The lowest BCUT2D eigenvalue weighted by Gasteiger charge is -2.15. The third-order valence-electron chi connectivity index (χ3n) is 4.13. The van der Waals surface area contributed by atoms with E-state index >= 15 is 0 Å². The molecule has 0 aliphatic heterocycles. The molecular formula is C21H28N2O5. The number of hydrogen-bond donors (Lipinski definition) is 3. The van der Waals surface area contributed by atoms with Gasteiger partial charge in [0, 0.05) is 12.2 Å². The largest absolute Gasteiger partial charge is 0.494 e. The number of carbonyl (C=O) groups excluding carboxylic acids is 1. The number of aliphatic hydroxyl groups excluding tert-OH is 1. The summed E-state index contributed by atoms with van der Waals surface area (Å²) < 4.78 is 16.0. The fourth-order valence-corrected chi connectivity index (χ4v) is 2.51. The van der Waals surface area contributed by atoms with Crippen LogP contribution in [0.5, 0.6) is 17.2 Å². The van der Waals surface area contributed by atoms with Gasteiger partial charge in [-0.15, -0.1) is 0 Å². The molecule has 7 heteroatoms. The molecule has 0 aromatic heterocycles. The summed E-state index contributed by atoms with van der Waals surface area (Å²) in [6.45, 7) is 2.84. The smallest absolute Gasteiger partial charge is 0.319 e. The number of ether oxygens (including phenoxy) is 3. The zero-order valence-corrected chi connectivity index (χ0v) is 16.5. The summed E-state index contributed by atoms with van der Waals surface area (Å²) in [5.74, 6) is 1.86. The molecule has 0 bridgehead atoms. The van der Waals surface area contributed by atoms with Gasteiger partial charge >= 0.3 is 6.03 Å². The SMILES string of the molecule is CCCCOc1ccc(NC(=O)NCC(O)c2ccc(OC)c(OC)c2)cc1. The average molecular weight is 388 g/mol. The lowest BCUT2D eigenvalue weighted by atomic mass is 10.1. The van der Waals surface area contributed by atoms with Crippen LogP contribution < -0.4 is 24.8 Å². The second-order valence-corrected chi connectivity index (χ2v) is 6.19. The van der Waals surface area contributed by atoms with E-state index in [4.69, 9.17) is 14.2 Å². The summed E-state index contributed by atoms with van der Waals surface area (Å²) in [5, 5.41) is 15.7. The minimum Gasteiger partial charge on any atom is -0.494 e. The molecule has 1 atom stereocenters. The summed E-state index contributed by atoms with van der Waals surface area (Å²) in [4.78, 5) is 12.1. The fraction of sp³-hybridized carbons (Fsp3) is 0.381. The van der Waals surface area contributed by atoms with Crippen LogP contribution in [0.25, 0.3) is 0 Å². The molecule has 0 aliphatic rings. The molecule has 0 fully saturated rings. The first-order chi connectivity index (χ1) is 13.6. The van der Waals surface area contributed by atoms with Crippen LogP contribution >= 0.6 is 0 Å². The lowest BCUT2D eigenvalue weighted by Crippen LogP contribution is -2.32. The minimum absolute atomic E-state index is 0.0551. The summed E-state index contributed by atoms with van der Waals surface area (Å²) in [6.07, 6.45) is 1.21. The zero-order chi connectivity index (χ0) is 20.4. The predicted octanol–water partition coefficient (Wildman–Crippen LogP) is 3.74. The van der Waals surface area contributed by atoms with E-state index < -0.39 is 12.1 Å². The van der Waals surface area contributed by atoms with Crippen LogP contribution in [0.15, 0.2) is 42.5 Å². The van der Waals surface area contributed by atoms with Crippen LogP contribution in [0.1, 0.15) is 31.4 Å². The Hall–Kier alpha value is -2.93. The highest BCUT2D eigenvalue weighted by Crippen LogP contribution is 2.29. The maximum Gasteiger partial charge on any atom is 0.319 e. The number of nitrogens with one attached hydrogen (secondary N) is 2. The van der Waals surface area contributed by atoms with Gasteiger partial charge in [-0.1, -0.05) is 19.4 Å². The first kappa shape index (κ1) is 21.4. The normalized spacial score (nSPS) is 11.4. The Morgan fingerprint density at radius 1 is 1.07 bits per heavy atom. The van der Waals surface area contributed by atoms with E-state index in [-0.39, 0.29) is 6.54 Å². The van der Waals surface area contributed by atoms with E-state index in [1.54, 1.807) is 37.4 Å². The number of methoxy groups -OCH3 is 2. The first-order valence-electron chi connectivity index (χ1n) is 9.25. The molecule has 2 amide bonds. The molecule has 0 heterocycles. The number of amides is 2. The monoisotopic (exact) mass is 388 g/mol. The molecule has 1 unspecified atom stereocenters. The minimum atomic E-state index is -0.875. The van der Waals surface area contributed by atoms with E-state index in [0.717, 1.165) is 18.6 Å². The number of hydrogen-bond acceptors (Lipinski definition) is 5. The van der Waals surface area contributed by atoms with Crippen molar-refractivity contribution in [2.45, 2.75) is 25.9 Å². The van der Waals surface area contributed by atoms with Crippen molar-refractivity contribution in [3.05, 3.63) is 48.0 Å². The number of aliphatic hydroxyl groups is 1. The molecule has 0 radical (unpaired) electrons. The Morgan fingerprint density at radius 2 is 1.79 bits per heavy atom. The van der Waals surface area contributed by atoms with Crippen molar-refractivity contribution in [2.75, 3.05) is 32.7 Å². The molecule has 0 aliphatic carbocycles. The molecular weight excluding hydrogens is 360 g/mol. The molecule has 2 aromatic carbocycles. The van der Waals surface area contributed by atoms with Gasteiger partial charge in [-0.25, -0.2) is 4.79 Å². The second-order valence-electron chi connectivity index (χ2n) is 6.19. The highest BCUT2D eigenvalue weighted by Gasteiger charge is 2.13. The van der Waals surface area contributed by atoms with E-state index in [9.17, 15) is 9.90 Å². The number of benzene rings is 2. The molecule has 2 rings (SSSR count). The maximum absolute atomic E-state index is 12.1. The first-order valence-corrected chi connectivity index (χ1v) is 9.25. The Morgan fingerprint density at radius 3 is 2.43 bits per heavy atom. The summed E-state index contributed by atoms with van der Waals surface area (Å²) >= 11 is 0. The van der Waals surface area contributed by atoms with Gasteiger partial charge in [0.15, 0.2) is 11.5 Å². The number of carbonyl (C=O) groups is 1. The molecule has 0 spiro atoms. The van der Waals surface area contributed by atoms with Crippen molar-refractivity contribution in [3.8, 4) is 17.2 Å². The number of anilines is 1. The highest BCUT2D eigenvalue weighted by molar-refractivity contribution is 5.89. The average Bonchev–Trinajstić information content (AvgIpc) is 2.72. The summed E-state index contributed by atoms with van der Waals surface area (Å²) in [5.41, 5.74) is 1.26. The van der Waals surface area contributed by atoms with Gasteiger partial charge in [0.05, 0.1) is 26.9 Å². The Labute approximate surface area is 165 Å². The Balaban J connectivity index is 1.83. The van der Waals surface area contributed by atoms with Crippen molar-refractivity contribution < 1.29 is 24.1 Å². The zero-order valence-electron chi connectivity index (χ0n) is 16.5. The van der Waals surface area contributed by atoms with Gasteiger partial charge in [-0.3, -0.25) is 0 Å². The van der Waals surface area contributed by atoms with Gasteiger partial charge in [0.2, 0.25) is 0 Å². The molecule has 7 nitrogen and oxygen atoms in total. The molecule has 3 N–H and O–H groups in total. The Kier molecular flexibility index (Phi) is 8.42. The molecule has 0 saturated heterocycles. The lowest BCUT2D eigenvalue weighted by molar-refractivity contribution is 0.174. The van der Waals surface area contributed by atoms with Crippen LogP contribution in [0.4, 0.5) is 10.5 Å². The van der Waals surface area contributed by atoms with Crippen LogP contribution in [0.3, 0.4) is 0 Å². The third kappa shape index (κ3) is 6.35. The summed E-state index contributed by atoms with van der Waals surface area (Å²) in [6, 6.07) is 11.9. The predicted molar refractivity (Wildman–Crippen MR) is 108 cm³/mol. The van der Waals surface area contributed by atoms with E-state index in [1.165, 1.54) is 7.11 Å². The second kappa shape index (κ2) is 11.0. The number of unbranched alkanes of at least 4 members (excludes halogenated alkanes) is 1. The van der Waals surface area contributed by atoms with Gasteiger partial charge < -0.3 is 30.0 Å². The van der Waals surface area contributed by atoms with Crippen molar-refractivity contribution in [1.82, 2.24) is 5.32 Å². The van der Waals surface area contributed by atoms with Crippen LogP contribution in [0, 0.1) is 0 Å². The highest BCUT2D eigenvalue weighted by atomic mass is 16.5. The van der Waals surface area contributed by atoms with E-state index in [1.807, 2.05) is 12.1 Å². The number of urea groups is 1. The van der Waals surface area contributed by atoms with Gasteiger partial charge in [0.1, 0.15) is 5.75 Å². The van der Waals surface area contributed by atoms with E-state index in [2.05, 4.69) is 17.6 Å². The standard InChI is InChI=1S/C21H28N2O5/c1-4-5-12-28-17-9-7-16(8-10-17)23-21(25)22-14-18(24)15-6-11-19(26-2)20(13-15)27-3/h6-11,13,18,24H,4-5,12,14H2,1-3H3,(H2,22,23,25). The molecule has 2 aromatic rings. The number of rotatable bonds is 10. The van der Waals surface area contributed by atoms with Gasteiger partial charge in [0.25, 0.3) is 0 Å². The quantitative estimate of drug-likeness (QED) is 0.540. The topological polar surface area (TPSA) is 89.1 Å². The Bertz CT molecular complexity index is 749. The van der Waals surface area contributed by atoms with Gasteiger partial charge in [-0.05, 0) is 48.4 Å². The van der Waals surface area contributed by atoms with E-state index in [0.29, 0.717) is 29.4 Å². The van der Waals surface area contributed by atoms with Crippen molar-refractivity contribution in [1.29, 1.82) is 0 Å². The third-order valence-corrected chi connectivity index (χ3v) is 4.13. The molecule has 28 heavy (non-hydrogen) atoms. The summed E-state index contributed by atoms with van der Waals surface area (Å²) in [7, 11) is 3.07. The van der Waals surface area contributed by atoms with Gasteiger partial charge in [-0.2, -0.15) is 0 Å². The van der Waals surface area contributed by atoms with Crippen molar-refractivity contribution >= 4 is 11.7 Å². The van der Waals surface area contributed by atoms with Crippen LogP contribution in [-0.4, -0.2) is 38.5 Å². The fourth-order valence-electron chi connectivity index (χ4n) is 2.51. The van der Waals surface area contributed by atoms with Crippen LogP contribution in [-0.2, 0) is 0 Å². The van der Waals surface area contributed by atoms with Crippen molar-refractivity contribution in [3.63, 3.8) is 0 Å². The van der Waals surface area contributed by atoms with Crippen molar-refractivity contribution in [2.24, 2.45) is 0 Å². The maximum atomic E-state index is 12.1.